The molecule has 0 fully saturated rings. The lowest BCUT2D eigenvalue weighted by atomic mass is 9.33. The second-order valence-electron chi connectivity index (χ2n) is 30.7. The average Bonchev–Trinajstić information content (AvgIpc) is 0.685. The molecule has 2 aliphatic rings. The van der Waals surface area contributed by atoms with Gasteiger partial charge in [-0.1, -0.05) is 397 Å². The summed E-state index contributed by atoms with van der Waals surface area (Å²) in [6, 6.07) is 165. The van der Waals surface area contributed by atoms with Gasteiger partial charge in [-0.2, -0.15) is 0 Å². The number of fused-ring (bicyclic) bond motifs is 4. The summed E-state index contributed by atoms with van der Waals surface area (Å²) in [6.07, 6.45) is 0. The first-order chi connectivity index (χ1) is 54.7. The molecule has 0 atom stereocenters. The third kappa shape index (κ3) is 12.1. The van der Waals surface area contributed by atoms with Gasteiger partial charge < -0.3 is 9.80 Å². The molecule has 0 amide bonds. The maximum Gasteiger partial charge on any atom is 0.252 e. The predicted octanol–water partition coefficient (Wildman–Crippen LogP) is 22.8. The third-order valence-electron chi connectivity index (χ3n) is 23.3. The molecule has 526 valence electrons. The summed E-state index contributed by atoms with van der Waals surface area (Å²) in [5.41, 5.74) is 29.1. The highest BCUT2D eigenvalue weighted by molar-refractivity contribution is 7.20. The van der Waals surface area contributed by atoms with Crippen molar-refractivity contribution in [2.75, 3.05) is 9.80 Å². The first-order valence-electron chi connectivity index (χ1n) is 38.8. The second kappa shape index (κ2) is 28.6. The van der Waals surface area contributed by atoms with Crippen molar-refractivity contribution in [1.29, 1.82) is 0 Å². The van der Waals surface area contributed by atoms with E-state index in [9.17, 15) is 0 Å². The zero-order valence-corrected chi connectivity index (χ0v) is 63.5. The monoisotopic (exact) mass is 1430 g/mol. The number of nitrogens with zero attached hydrogens (tertiary/aromatic N) is 2. The highest BCUT2D eigenvalue weighted by Crippen LogP contribution is 2.52. The van der Waals surface area contributed by atoms with Crippen molar-refractivity contribution < 1.29 is 0 Å². The summed E-state index contributed by atoms with van der Waals surface area (Å²) in [4.78, 5) is 5.37. The smallest absolute Gasteiger partial charge is 0.252 e. The second-order valence-corrected chi connectivity index (χ2v) is 34.5. The van der Waals surface area contributed by atoms with Crippen molar-refractivity contribution in [2.45, 2.75) is 31.6 Å². The minimum atomic E-state index is -3.35. The Bertz CT molecular complexity index is 6080. The Hall–Kier alpha value is -13.4. The molecule has 19 rings (SSSR count). The molecule has 4 heteroatoms. The van der Waals surface area contributed by atoms with E-state index in [2.05, 4.69) is 467 Å². The van der Waals surface area contributed by atoms with Crippen molar-refractivity contribution in [3.05, 3.63) is 465 Å². The Morgan fingerprint density at radius 2 is 0.604 bits per heavy atom. The topological polar surface area (TPSA) is 6.48 Å². The lowest BCUT2D eigenvalue weighted by molar-refractivity contribution is 0.590. The Morgan fingerprint density at radius 3 is 1.11 bits per heavy atom. The van der Waals surface area contributed by atoms with Crippen LogP contribution >= 0.6 is 0 Å². The molecule has 0 radical (unpaired) electrons. The van der Waals surface area contributed by atoms with Crippen LogP contribution in [0.25, 0.3) is 66.8 Å². The Balaban J connectivity index is 0.977. The van der Waals surface area contributed by atoms with Gasteiger partial charge in [-0.25, -0.2) is 0 Å². The molecule has 0 N–H and O–H groups in total. The van der Waals surface area contributed by atoms with Crippen LogP contribution in [0.1, 0.15) is 48.6 Å². The maximum atomic E-state index is 2.70. The van der Waals surface area contributed by atoms with Crippen LogP contribution in [0.4, 0.5) is 34.1 Å². The standard InChI is InChI=1S/C107H81BN2Si/c1-106(2,3)91-73-103-105-104(74-91)110(100-64-60-84(78-40-18-6-19-41-78)71-97(100)81-46-24-9-25-47-81)101-65-61-90(107(87-50-26-10-27-51-87,88-52-28-11-29-53-88)89-54-34-48-82(67-89)76-36-14-4-15-37-76)72-99(101)108(105)98-63-62-96(75-102(98)109(103)92-68-85(79-42-20-7-21-43-79)66-86(69-92)80-44-22-8-23-45-80)111(93-55-30-12-31-56-93,94-57-32-13-33-58-94)95-59-35-49-83(70-95)77-38-16-5-17-39-77/h4-75H,1-3H3. The van der Waals surface area contributed by atoms with E-state index in [1.165, 1.54) is 87.2 Å². The number of anilines is 6. The van der Waals surface area contributed by atoms with Crippen molar-refractivity contribution in [3.8, 4) is 66.8 Å². The van der Waals surface area contributed by atoms with Gasteiger partial charge in [0.15, 0.2) is 8.07 Å². The van der Waals surface area contributed by atoms with Crippen LogP contribution in [0.2, 0.25) is 0 Å². The summed E-state index contributed by atoms with van der Waals surface area (Å²) in [5, 5.41) is 5.22. The van der Waals surface area contributed by atoms with Crippen LogP contribution in [-0.2, 0) is 10.8 Å². The molecule has 111 heavy (non-hydrogen) atoms. The number of benzene rings is 17. The van der Waals surface area contributed by atoms with E-state index >= 15 is 0 Å². The number of hydrogen-bond acceptors (Lipinski definition) is 2. The first-order valence-corrected chi connectivity index (χ1v) is 40.8. The molecule has 2 aliphatic heterocycles. The zero-order valence-electron chi connectivity index (χ0n) is 62.5. The fraction of sp³-hybridized carbons (Fsp3) is 0.0467. The third-order valence-corrected chi connectivity index (χ3v) is 28.0. The molecule has 0 saturated carbocycles. The highest BCUT2D eigenvalue weighted by atomic mass is 28.3. The Labute approximate surface area is 654 Å². The van der Waals surface area contributed by atoms with E-state index in [0.29, 0.717) is 0 Å². The van der Waals surface area contributed by atoms with E-state index in [1.54, 1.807) is 0 Å². The molecular weight excluding hydrogens is 1350 g/mol. The van der Waals surface area contributed by atoms with Gasteiger partial charge >= 0.3 is 0 Å². The Morgan fingerprint density at radius 1 is 0.216 bits per heavy atom. The van der Waals surface area contributed by atoms with Gasteiger partial charge in [0.1, 0.15) is 0 Å². The van der Waals surface area contributed by atoms with Gasteiger partial charge in [-0.3, -0.25) is 0 Å². The van der Waals surface area contributed by atoms with Gasteiger partial charge in [0, 0.05) is 34.0 Å². The molecule has 17 aromatic rings. The molecule has 0 aliphatic carbocycles. The van der Waals surface area contributed by atoms with E-state index in [1.807, 2.05) is 0 Å². The largest absolute Gasteiger partial charge is 0.311 e. The molecule has 0 saturated heterocycles. The zero-order chi connectivity index (χ0) is 74.5. The van der Waals surface area contributed by atoms with Crippen molar-refractivity contribution in [3.63, 3.8) is 0 Å². The summed E-state index contributed by atoms with van der Waals surface area (Å²) >= 11 is 0. The SMILES string of the molecule is CC(C)(C)c1cc2c3c(c1)N(c1ccc(-c4ccccc4)cc1-c1ccccc1)c1ccc(C(c4ccccc4)(c4ccccc4)c4cccc(-c5ccccc5)c4)cc1B3c1ccc([Si](c3ccccc3)(c3ccccc3)c3cccc(-c4ccccc4)c3)cc1N2c1cc(-c2ccccc2)cc(-c2ccccc2)c1. The summed E-state index contributed by atoms with van der Waals surface area (Å²) in [7, 11) is -3.35. The Kier molecular flexibility index (Phi) is 17.6. The van der Waals surface area contributed by atoms with Crippen LogP contribution in [0, 0.1) is 0 Å². The summed E-state index contributed by atoms with van der Waals surface area (Å²) in [6.45, 7) is 6.86. The molecule has 0 aromatic heterocycles. The lowest BCUT2D eigenvalue weighted by Crippen LogP contribution is -2.75. The minimum Gasteiger partial charge on any atom is -0.311 e. The maximum absolute atomic E-state index is 3.35. The molecular formula is C107H81BN2Si. The average molecular weight is 1430 g/mol. The minimum absolute atomic E-state index is 0.309. The van der Waals surface area contributed by atoms with Gasteiger partial charge in [0.05, 0.1) is 11.1 Å². The van der Waals surface area contributed by atoms with Crippen LogP contribution in [0.5, 0.6) is 0 Å². The van der Waals surface area contributed by atoms with E-state index in [0.717, 1.165) is 78.6 Å². The molecule has 2 heterocycles. The van der Waals surface area contributed by atoms with E-state index < -0.39 is 13.5 Å². The van der Waals surface area contributed by atoms with E-state index in [4.69, 9.17) is 0 Å². The van der Waals surface area contributed by atoms with Crippen LogP contribution in [0.3, 0.4) is 0 Å². The van der Waals surface area contributed by atoms with Crippen molar-refractivity contribution in [1.82, 2.24) is 0 Å². The first kappa shape index (κ1) is 68.2. The fourth-order valence-electron chi connectivity index (χ4n) is 18.0. The fourth-order valence-corrected chi connectivity index (χ4v) is 22.8. The van der Waals surface area contributed by atoms with Crippen molar-refractivity contribution in [2.24, 2.45) is 0 Å². The molecule has 0 spiro atoms. The normalized spacial score (nSPS) is 12.4. The lowest BCUT2D eigenvalue weighted by Gasteiger charge is -2.46. The summed E-state index contributed by atoms with van der Waals surface area (Å²) in [5.74, 6) is 0. The van der Waals surface area contributed by atoms with Gasteiger partial charge in [0.2, 0.25) is 0 Å². The summed E-state index contributed by atoms with van der Waals surface area (Å²) < 4.78 is 0. The number of rotatable bonds is 16. The highest BCUT2D eigenvalue weighted by Gasteiger charge is 2.49. The predicted molar refractivity (Wildman–Crippen MR) is 474 cm³/mol. The molecule has 17 aromatic carbocycles. The van der Waals surface area contributed by atoms with E-state index in [-0.39, 0.29) is 12.1 Å². The van der Waals surface area contributed by atoms with Gasteiger partial charge in [-0.05, 0) is 192 Å². The quantitative estimate of drug-likeness (QED) is 0.0703. The molecule has 0 unspecified atom stereocenters. The van der Waals surface area contributed by atoms with Crippen LogP contribution in [0.15, 0.2) is 437 Å². The van der Waals surface area contributed by atoms with Crippen LogP contribution < -0.4 is 46.9 Å². The van der Waals surface area contributed by atoms with Crippen LogP contribution in [-0.4, -0.2) is 14.8 Å². The molecule has 2 nitrogen and oxygen atoms in total. The molecule has 0 bridgehead atoms. The van der Waals surface area contributed by atoms with Gasteiger partial charge in [0.25, 0.3) is 6.71 Å². The van der Waals surface area contributed by atoms with Gasteiger partial charge in [-0.15, -0.1) is 0 Å². The number of hydrogen-bond donors (Lipinski definition) is 0. The van der Waals surface area contributed by atoms with Crippen molar-refractivity contribution >= 4 is 86.0 Å².